The van der Waals surface area contributed by atoms with E-state index in [0.29, 0.717) is 6.54 Å². The van der Waals surface area contributed by atoms with Crippen molar-refractivity contribution in [1.82, 2.24) is 0 Å². The summed E-state index contributed by atoms with van der Waals surface area (Å²) >= 11 is 0. The second-order valence-corrected chi connectivity index (χ2v) is 4.08. The van der Waals surface area contributed by atoms with Crippen molar-refractivity contribution in [1.29, 1.82) is 10.5 Å². The molecule has 0 N–H and O–H groups in total. The van der Waals surface area contributed by atoms with Crippen LogP contribution < -0.4 is 9.64 Å². The number of allylic oxidation sites excluding steroid dienone is 1. The Bertz CT molecular complexity index is 547. The third-order valence-corrected chi connectivity index (χ3v) is 3.06. The molecule has 0 aliphatic carbocycles. The van der Waals surface area contributed by atoms with E-state index in [4.69, 9.17) is 15.3 Å². The lowest BCUT2D eigenvalue weighted by Gasteiger charge is -2.17. The molecule has 2 rings (SSSR count). The number of rotatable bonds is 2. The minimum Gasteiger partial charge on any atom is -0.497 e. The SMILES string of the molecule is COc1cccc(N2CCC(=C(C#N)C#N)C2)c1. The summed E-state index contributed by atoms with van der Waals surface area (Å²) < 4.78 is 5.19. The summed E-state index contributed by atoms with van der Waals surface area (Å²) in [6.07, 6.45) is 0.771. The van der Waals surface area contributed by atoms with E-state index in [0.717, 1.165) is 30.0 Å². The Morgan fingerprint density at radius 1 is 1.33 bits per heavy atom. The summed E-state index contributed by atoms with van der Waals surface area (Å²) in [4.78, 5) is 2.15. The van der Waals surface area contributed by atoms with Crippen LogP contribution in [0.4, 0.5) is 5.69 Å². The van der Waals surface area contributed by atoms with Crippen molar-refractivity contribution >= 4 is 5.69 Å². The van der Waals surface area contributed by atoms with Crippen LogP contribution in [0, 0.1) is 22.7 Å². The maximum atomic E-state index is 8.86. The standard InChI is InChI=1S/C14H13N3O/c1-18-14-4-2-3-13(7-14)17-6-5-11(10-17)12(8-15)9-16/h2-4,7H,5-6,10H2,1H3. The third kappa shape index (κ3) is 2.28. The van der Waals surface area contributed by atoms with Gasteiger partial charge in [0.05, 0.1) is 7.11 Å². The highest BCUT2D eigenvalue weighted by atomic mass is 16.5. The second-order valence-electron chi connectivity index (χ2n) is 4.08. The van der Waals surface area contributed by atoms with Crippen molar-refractivity contribution in [2.45, 2.75) is 6.42 Å². The number of hydrogen-bond acceptors (Lipinski definition) is 4. The molecule has 0 saturated carbocycles. The van der Waals surface area contributed by atoms with Gasteiger partial charge in [-0.3, -0.25) is 0 Å². The van der Waals surface area contributed by atoms with Crippen LogP contribution in [0.5, 0.6) is 5.75 Å². The number of ether oxygens (including phenoxy) is 1. The quantitative estimate of drug-likeness (QED) is 0.743. The molecular formula is C14H13N3O. The van der Waals surface area contributed by atoms with Crippen molar-refractivity contribution < 1.29 is 4.74 Å². The first-order valence-electron chi connectivity index (χ1n) is 5.69. The van der Waals surface area contributed by atoms with E-state index in [2.05, 4.69) is 4.90 Å². The van der Waals surface area contributed by atoms with Crippen molar-refractivity contribution in [2.24, 2.45) is 0 Å². The van der Waals surface area contributed by atoms with Crippen molar-refractivity contribution in [2.75, 3.05) is 25.1 Å². The molecule has 0 radical (unpaired) electrons. The van der Waals surface area contributed by atoms with E-state index in [9.17, 15) is 0 Å². The van der Waals surface area contributed by atoms with Crippen LogP contribution >= 0.6 is 0 Å². The van der Waals surface area contributed by atoms with Crippen molar-refractivity contribution in [3.8, 4) is 17.9 Å². The highest BCUT2D eigenvalue weighted by Crippen LogP contribution is 2.27. The normalized spacial score (nSPS) is 13.9. The molecule has 1 fully saturated rings. The van der Waals surface area contributed by atoms with Crippen LogP contribution in [0.25, 0.3) is 0 Å². The van der Waals surface area contributed by atoms with Gasteiger partial charge in [0, 0.05) is 24.8 Å². The lowest BCUT2D eigenvalue weighted by atomic mass is 10.1. The van der Waals surface area contributed by atoms with Crippen LogP contribution in [0.15, 0.2) is 35.4 Å². The molecule has 1 saturated heterocycles. The molecule has 4 nitrogen and oxygen atoms in total. The van der Waals surface area contributed by atoms with Crippen LogP contribution in [-0.4, -0.2) is 20.2 Å². The van der Waals surface area contributed by atoms with Gasteiger partial charge in [-0.15, -0.1) is 0 Å². The fourth-order valence-electron chi connectivity index (χ4n) is 2.07. The third-order valence-electron chi connectivity index (χ3n) is 3.06. The van der Waals surface area contributed by atoms with Gasteiger partial charge in [-0.05, 0) is 24.1 Å². The maximum Gasteiger partial charge on any atom is 0.130 e. The molecule has 0 spiro atoms. The molecule has 1 aromatic carbocycles. The van der Waals surface area contributed by atoms with Crippen LogP contribution in [0.2, 0.25) is 0 Å². The highest BCUT2D eigenvalue weighted by molar-refractivity contribution is 5.55. The van der Waals surface area contributed by atoms with Gasteiger partial charge in [0.15, 0.2) is 0 Å². The molecule has 18 heavy (non-hydrogen) atoms. The van der Waals surface area contributed by atoms with Gasteiger partial charge in [-0.2, -0.15) is 10.5 Å². The molecule has 4 heteroatoms. The number of methoxy groups -OCH3 is 1. The van der Waals surface area contributed by atoms with Gasteiger partial charge in [-0.1, -0.05) is 6.07 Å². The lowest BCUT2D eigenvalue weighted by molar-refractivity contribution is 0.415. The number of anilines is 1. The van der Waals surface area contributed by atoms with Gasteiger partial charge < -0.3 is 9.64 Å². The molecule has 1 aromatic rings. The summed E-state index contributed by atoms with van der Waals surface area (Å²) in [6, 6.07) is 11.7. The number of hydrogen-bond donors (Lipinski definition) is 0. The van der Waals surface area contributed by atoms with Gasteiger partial charge in [0.2, 0.25) is 0 Å². The molecule has 1 aliphatic heterocycles. The molecular weight excluding hydrogens is 226 g/mol. The predicted molar refractivity (Wildman–Crippen MR) is 68.1 cm³/mol. The van der Waals surface area contributed by atoms with Gasteiger partial charge in [0.25, 0.3) is 0 Å². The Labute approximate surface area is 106 Å². The van der Waals surface area contributed by atoms with Crippen molar-refractivity contribution in [3.05, 3.63) is 35.4 Å². The lowest BCUT2D eigenvalue weighted by Crippen LogP contribution is -2.17. The zero-order chi connectivity index (χ0) is 13.0. The summed E-state index contributed by atoms with van der Waals surface area (Å²) in [6.45, 7) is 1.47. The summed E-state index contributed by atoms with van der Waals surface area (Å²) in [5.74, 6) is 0.811. The number of nitrogens with zero attached hydrogens (tertiary/aromatic N) is 3. The smallest absolute Gasteiger partial charge is 0.130 e. The van der Waals surface area contributed by atoms with Crippen molar-refractivity contribution in [3.63, 3.8) is 0 Å². The van der Waals surface area contributed by atoms with Crippen LogP contribution in [-0.2, 0) is 0 Å². The molecule has 0 bridgehead atoms. The average Bonchev–Trinajstić information content (AvgIpc) is 2.90. The highest BCUT2D eigenvalue weighted by Gasteiger charge is 2.20. The van der Waals surface area contributed by atoms with E-state index in [1.165, 1.54) is 0 Å². The zero-order valence-electron chi connectivity index (χ0n) is 10.2. The molecule has 90 valence electrons. The summed E-state index contributed by atoms with van der Waals surface area (Å²) in [7, 11) is 1.64. The number of nitriles is 2. The Balaban J connectivity index is 2.21. The van der Waals surface area contributed by atoms with Gasteiger partial charge >= 0.3 is 0 Å². The fourth-order valence-corrected chi connectivity index (χ4v) is 2.07. The van der Waals surface area contributed by atoms with E-state index in [1.807, 2.05) is 36.4 Å². The van der Waals surface area contributed by atoms with Crippen LogP contribution in [0.3, 0.4) is 0 Å². The van der Waals surface area contributed by atoms with E-state index in [1.54, 1.807) is 7.11 Å². The monoisotopic (exact) mass is 239 g/mol. The molecule has 0 amide bonds. The Morgan fingerprint density at radius 3 is 2.78 bits per heavy atom. The summed E-state index contributed by atoms with van der Waals surface area (Å²) in [5, 5.41) is 17.7. The van der Waals surface area contributed by atoms with Crippen LogP contribution in [0.1, 0.15) is 6.42 Å². The first kappa shape index (κ1) is 12.0. The minimum absolute atomic E-state index is 0.250. The Kier molecular flexibility index (Phi) is 3.50. The number of benzene rings is 1. The van der Waals surface area contributed by atoms with E-state index in [-0.39, 0.29) is 5.57 Å². The van der Waals surface area contributed by atoms with E-state index >= 15 is 0 Å². The second kappa shape index (κ2) is 5.25. The topological polar surface area (TPSA) is 60.0 Å². The molecule has 0 atom stereocenters. The average molecular weight is 239 g/mol. The first-order valence-corrected chi connectivity index (χ1v) is 5.69. The Hall–Kier alpha value is -2.46. The van der Waals surface area contributed by atoms with E-state index < -0.39 is 0 Å². The molecule has 1 aliphatic rings. The Morgan fingerprint density at radius 2 is 2.11 bits per heavy atom. The minimum atomic E-state index is 0.250. The van der Waals surface area contributed by atoms with Gasteiger partial charge in [-0.25, -0.2) is 0 Å². The fraction of sp³-hybridized carbons (Fsp3) is 0.286. The first-order chi connectivity index (χ1) is 8.78. The van der Waals surface area contributed by atoms with Gasteiger partial charge in [0.1, 0.15) is 23.5 Å². The molecule has 0 aromatic heterocycles. The predicted octanol–water partition coefficient (Wildman–Crippen LogP) is 2.25. The largest absolute Gasteiger partial charge is 0.497 e. The maximum absolute atomic E-state index is 8.86. The molecule has 0 unspecified atom stereocenters. The molecule has 1 heterocycles. The summed E-state index contributed by atoms with van der Waals surface area (Å²) in [5.41, 5.74) is 2.22. The zero-order valence-corrected chi connectivity index (χ0v) is 10.2.